The van der Waals surface area contributed by atoms with Crippen LogP contribution in [-0.2, 0) is 4.79 Å². The van der Waals surface area contributed by atoms with E-state index in [1.807, 2.05) is 0 Å². The molecular weight excluding hydrogens is 340 g/mol. The number of ether oxygens (including phenoxy) is 1. The minimum Gasteiger partial charge on any atom is -0.496 e. The highest BCUT2D eigenvalue weighted by Gasteiger charge is 2.30. The number of carbonyl (C=O) groups excluding carboxylic acids is 1. The quantitative estimate of drug-likeness (QED) is 0.612. The van der Waals surface area contributed by atoms with Crippen LogP contribution in [0.1, 0.15) is 54.4 Å². The van der Waals surface area contributed by atoms with Crippen molar-refractivity contribution in [3.8, 4) is 5.75 Å². The SMILES string of the molecule is COc1cc(C(=O)NC2CCCCCCC2C(=O)O)cc([N+](=O)[O-])c1C. The van der Waals surface area contributed by atoms with Crippen molar-refractivity contribution in [3.63, 3.8) is 0 Å². The van der Waals surface area contributed by atoms with Crippen molar-refractivity contribution in [2.24, 2.45) is 5.92 Å². The van der Waals surface area contributed by atoms with Gasteiger partial charge in [-0.3, -0.25) is 19.7 Å². The van der Waals surface area contributed by atoms with E-state index in [1.165, 1.54) is 19.2 Å². The van der Waals surface area contributed by atoms with Crippen molar-refractivity contribution in [1.29, 1.82) is 0 Å². The molecule has 0 spiro atoms. The Labute approximate surface area is 151 Å². The zero-order valence-electron chi connectivity index (χ0n) is 15.0. The molecule has 0 aromatic heterocycles. The third-order valence-electron chi connectivity index (χ3n) is 4.91. The fraction of sp³-hybridized carbons (Fsp3) is 0.556. The second-order valence-corrected chi connectivity index (χ2v) is 6.60. The smallest absolute Gasteiger partial charge is 0.308 e. The number of nitrogens with zero attached hydrogens (tertiary/aromatic N) is 1. The van der Waals surface area contributed by atoms with E-state index < -0.39 is 28.8 Å². The first-order valence-corrected chi connectivity index (χ1v) is 8.71. The molecule has 2 rings (SSSR count). The van der Waals surface area contributed by atoms with Gasteiger partial charge in [-0.2, -0.15) is 0 Å². The maximum atomic E-state index is 12.7. The molecule has 0 radical (unpaired) electrons. The molecule has 1 fully saturated rings. The van der Waals surface area contributed by atoms with Crippen LogP contribution in [0.3, 0.4) is 0 Å². The standard InChI is InChI=1S/C18H24N2O6/c1-11-15(20(24)25)9-12(10-16(11)26-2)17(21)19-14-8-6-4-3-5-7-13(14)18(22)23/h9-10,13-14H,3-8H2,1-2H3,(H,19,21)(H,22,23). The third-order valence-corrected chi connectivity index (χ3v) is 4.91. The number of carboxylic acids is 1. The van der Waals surface area contributed by atoms with Gasteiger partial charge in [0.2, 0.25) is 0 Å². The molecule has 0 bridgehead atoms. The fourth-order valence-electron chi connectivity index (χ4n) is 3.41. The van der Waals surface area contributed by atoms with Crippen LogP contribution in [0.2, 0.25) is 0 Å². The Kier molecular flexibility index (Phi) is 6.54. The summed E-state index contributed by atoms with van der Waals surface area (Å²) < 4.78 is 5.13. The number of carboxylic acid groups (broad SMARTS) is 1. The number of carbonyl (C=O) groups is 2. The molecule has 2 unspecified atom stereocenters. The average molecular weight is 364 g/mol. The van der Waals surface area contributed by atoms with Crippen LogP contribution in [0, 0.1) is 23.0 Å². The number of rotatable bonds is 5. The van der Waals surface area contributed by atoms with E-state index in [1.54, 1.807) is 6.92 Å². The molecule has 8 heteroatoms. The Morgan fingerprint density at radius 1 is 1.23 bits per heavy atom. The summed E-state index contributed by atoms with van der Waals surface area (Å²) in [5, 5.41) is 23.5. The Morgan fingerprint density at radius 3 is 2.46 bits per heavy atom. The predicted octanol–water partition coefficient (Wildman–Crippen LogP) is 3.07. The maximum Gasteiger partial charge on any atom is 0.308 e. The molecule has 1 aromatic carbocycles. The molecule has 2 atom stereocenters. The van der Waals surface area contributed by atoms with Crippen molar-refractivity contribution in [1.82, 2.24) is 5.32 Å². The number of amides is 1. The van der Waals surface area contributed by atoms with Crippen molar-refractivity contribution < 1.29 is 24.4 Å². The number of methoxy groups -OCH3 is 1. The third kappa shape index (κ3) is 4.50. The summed E-state index contributed by atoms with van der Waals surface area (Å²) in [5.41, 5.74) is 0.218. The van der Waals surface area contributed by atoms with Gasteiger partial charge < -0.3 is 15.2 Å². The van der Waals surface area contributed by atoms with Gasteiger partial charge >= 0.3 is 5.97 Å². The van der Waals surface area contributed by atoms with E-state index in [-0.39, 0.29) is 17.0 Å². The van der Waals surface area contributed by atoms with Crippen LogP contribution in [0.25, 0.3) is 0 Å². The molecule has 1 amide bonds. The van der Waals surface area contributed by atoms with Crippen LogP contribution in [0.15, 0.2) is 12.1 Å². The highest BCUT2D eigenvalue weighted by Crippen LogP contribution is 2.30. The van der Waals surface area contributed by atoms with Gasteiger partial charge in [-0.05, 0) is 25.8 Å². The average Bonchev–Trinajstić information content (AvgIpc) is 2.56. The second-order valence-electron chi connectivity index (χ2n) is 6.60. The fourth-order valence-corrected chi connectivity index (χ4v) is 3.41. The Bertz CT molecular complexity index is 703. The van der Waals surface area contributed by atoms with Crippen molar-refractivity contribution in [2.45, 2.75) is 51.5 Å². The lowest BCUT2D eigenvalue weighted by molar-refractivity contribution is -0.385. The van der Waals surface area contributed by atoms with Gasteiger partial charge in [0, 0.05) is 17.7 Å². The van der Waals surface area contributed by atoms with E-state index in [0.717, 1.165) is 25.7 Å². The maximum absolute atomic E-state index is 12.7. The van der Waals surface area contributed by atoms with Gasteiger partial charge in [0.25, 0.3) is 11.6 Å². The number of nitro benzene ring substituents is 1. The van der Waals surface area contributed by atoms with Gasteiger partial charge in [-0.15, -0.1) is 0 Å². The van der Waals surface area contributed by atoms with E-state index in [4.69, 9.17) is 4.74 Å². The van der Waals surface area contributed by atoms with Crippen LogP contribution < -0.4 is 10.1 Å². The Balaban J connectivity index is 2.28. The van der Waals surface area contributed by atoms with Crippen molar-refractivity contribution in [3.05, 3.63) is 33.4 Å². The first kappa shape index (κ1) is 19.7. The molecule has 8 nitrogen and oxygen atoms in total. The van der Waals surface area contributed by atoms with Crippen LogP contribution in [0.5, 0.6) is 5.75 Å². The van der Waals surface area contributed by atoms with Crippen molar-refractivity contribution >= 4 is 17.6 Å². The van der Waals surface area contributed by atoms with E-state index in [2.05, 4.69) is 5.32 Å². The summed E-state index contributed by atoms with van der Waals surface area (Å²) in [5.74, 6) is -1.86. The van der Waals surface area contributed by atoms with Gasteiger partial charge in [0.1, 0.15) is 5.75 Å². The molecule has 1 aliphatic rings. The molecule has 0 saturated heterocycles. The number of nitro groups is 1. The van der Waals surface area contributed by atoms with E-state index in [0.29, 0.717) is 18.4 Å². The minimum absolute atomic E-state index is 0.0883. The Hall–Kier alpha value is -2.64. The molecule has 0 heterocycles. The molecule has 26 heavy (non-hydrogen) atoms. The minimum atomic E-state index is -0.926. The molecule has 2 N–H and O–H groups in total. The normalized spacial score (nSPS) is 20.5. The number of hydrogen-bond acceptors (Lipinski definition) is 5. The lowest BCUT2D eigenvalue weighted by Gasteiger charge is -2.27. The van der Waals surface area contributed by atoms with Gasteiger partial charge in [-0.1, -0.05) is 25.7 Å². The zero-order chi connectivity index (χ0) is 19.3. The predicted molar refractivity (Wildman–Crippen MR) is 94.5 cm³/mol. The molecular formula is C18H24N2O6. The summed E-state index contributed by atoms with van der Waals surface area (Å²) in [6.45, 7) is 1.55. The number of hydrogen-bond donors (Lipinski definition) is 2. The summed E-state index contributed by atoms with van der Waals surface area (Å²) in [4.78, 5) is 34.9. The molecule has 1 aromatic rings. The first-order valence-electron chi connectivity index (χ1n) is 8.71. The summed E-state index contributed by atoms with van der Waals surface area (Å²) >= 11 is 0. The lowest BCUT2D eigenvalue weighted by Crippen LogP contribution is -2.44. The van der Waals surface area contributed by atoms with Crippen LogP contribution in [-0.4, -0.2) is 35.1 Å². The highest BCUT2D eigenvalue weighted by atomic mass is 16.6. The summed E-state index contributed by atoms with van der Waals surface area (Å²) in [6.07, 6.45) is 4.74. The lowest BCUT2D eigenvalue weighted by atomic mass is 9.86. The van der Waals surface area contributed by atoms with Crippen LogP contribution in [0.4, 0.5) is 5.69 Å². The van der Waals surface area contributed by atoms with Crippen molar-refractivity contribution in [2.75, 3.05) is 7.11 Å². The number of nitrogens with one attached hydrogen (secondary N) is 1. The molecule has 0 aliphatic heterocycles. The van der Waals surface area contributed by atoms with E-state index in [9.17, 15) is 24.8 Å². The van der Waals surface area contributed by atoms with Gasteiger partial charge in [-0.25, -0.2) is 0 Å². The number of benzene rings is 1. The zero-order valence-corrected chi connectivity index (χ0v) is 15.0. The largest absolute Gasteiger partial charge is 0.496 e. The molecule has 1 saturated carbocycles. The second kappa shape index (κ2) is 8.64. The monoisotopic (exact) mass is 364 g/mol. The van der Waals surface area contributed by atoms with Gasteiger partial charge in [0.05, 0.1) is 23.5 Å². The molecule has 142 valence electrons. The summed E-state index contributed by atoms with van der Waals surface area (Å²) in [6, 6.07) is 2.15. The van der Waals surface area contributed by atoms with E-state index >= 15 is 0 Å². The van der Waals surface area contributed by atoms with Gasteiger partial charge in [0.15, 0.2) is 0 Å². The summed E-state index contributed by atoms with van der Waals surface area (Å²) in [7, 11) is 1.38. The highest BCUT2D eigenvalue weighted by molar-refractivity contribution is 5.96. The molecule has 1 aliphatic carbocycles. The topological polar surface area (TPSA) is 119 Å². The Morgan fingerprint density at radius 2 is 1.88 bits per heavy atom. The van der Waals surface area contributed by atoms with Crippen LogP contribution >= 0.6 is 0 Å². The first-order chi connectivity index (χ1) is 12.3. The number of aliphatic carboxylic acids is 1.